The summed E-state index contributed by atoms with van der Waals surface area (Å²) in [6.45, 7) is 0.167. The molecule has 0 bridgehead atoms. The van der Waals surface area contributed by atoms with Crippen LogP contribution in [0.3, 0.4) is 0 Å². The minimum Gasteiger partial charge on any atom is -0.481 e. The van der Waals surface area contributed by atoms with Gasteiger partial charge in [-0.2, -0.15) is 13.2 Å². The zero-order chi connectivity index (χ0) is 13.4. The Morgan fingerprint density at radius 2 is 1.94 bits per heavy atom. The molecule has 1 heterocycles. The highest BCUT2D eigenvalue weighted by Gasteiger charge is 2.51. The molecule has 0 aliphatic carbocycles. The molecule has 1 aliphatic rings. The average molecular weight is 255 g/mol. The number of carboxylic acids is 1. The van der Waals surface area contributed by atoms with E-state index in [9.17, 15) is 27.9 Å². The smallest absolute Gasteiger partial charge is 0.471 e. The Bertz CT molecular complexity index is 344. The molecule has 0 saturated carbocycles. The number of carbonyl (C=O) groups excluding carboxylic acids is 1. The SMILES string of the molecule is CC1(C(=O)O)CN(C(=O)C(F)(F)F)CCC1O. The van der Waals surface area contributed by atoms with Gasteiger partial charge in [0.2, 0.25) is 0 Å². The van der Waals surface area contributed by atoms with Crippen LogP contribution in [-0.2, 0) is 9.59 Å². The van der Waals surface area contributed by atoms with Crippen LogP contribution < -0.4 is 0 Å². The summed E-state index contributed by atoms with van der Waals surface area (Å²) < 4.78 is 36.5. The van der Waals surface area contributed by atoms with Crippen molar-refractivity contribution in [3.8, 4) is 0 Å². The lowest BCUT2D eigenvalue weighted by Gasteiger charge is -2.41. The summed E-state index contributed by atoms with van der Waals surface area (Å²) in [5, 5.41) is 18.4. The van der Waals surface area contributed by atoms with E-state index in [4.69, 9.17) is 5.11 Å². The van der Waals surface area contributed by atoms with Gasteiger partial charge in [0.25, 0.3) is 0 Å². The van der Waals surface area contributed by atoms with Gasteiger partial charge in [-0.1, -0.05) is 0 Å². The van der Waals surface area contributed by atoms with Gasteiger partial charge in [0.1, 0.15) is 5.41 Å². The Balaban J connectivity index is 2.89. The van der Waals surface area contributed by atoms with Gasteiger partial charge in [0.05, 0.1) is 6.10 Å². The molecule has 1 rings (SSSR count). The number of likely N-dealkylation sites (tertiary alicyclic amines) is 1. The fourth-order valence-electron chi connectivity index (χ4n) is 1.74. The van der Waals surface area contributed by atoms with Gasteiger partial charge in [-0.25, -0.2) is 0 Å². The Morgan fingerprint density at radius 3 is 2.35 bits per heavy atom. The van der Waals surface area contributed by atoms with Crippen molar-refractivity contribution in [2.45, 2.75) is 25.6 Å². The topological polar surface area (TPSA) is 77.8 Å². The summed E-state index contributed by atoms with van der Waals surface area (Å²) in [6.07, 6.45) is -6.48. The van der Waals surface area contributed by atoms with E-state index in [1.54, 1.807) is 0 Å². The number of piperidine rings is 1. The third-order valence-electron chi connectivity index (χ3n) is 2.95. The van der Waals surface area contributed by atoms with Gasteiger partial charge in [0, 0.05) is 13.1 Å². The van der Waals surface area contributed by atoms with Crippen molar-refractivity contribution in [2.24, 2.45) is 5.41 Å². The zero-order valence-electron chi connectivity index (χ0n) is 8.99. The molecule has 0 aromatic carbocycles. The number of halogens is 3. The average Bonchev–Trinajstić information content (AvgIpc) is 2.19. The standard InChI is InChI=1S/C9H12F3NO4/c1-8(7(16)17)4-13(3-2-5(8)14)6(15)9(10,11)12/h5,14H,2-4H2,1H3,(H,16,17). The summed E-state index contributed by atoms with van der Waals surface area (Å²) in [5.74, 6) is -3.50. The number of aliphatic carboxylic acids is 1. The molecule has 5 nitrogen and oxygen atoms in total. The fraction of sp³-hybridized carbons (Fsp3) is 0.778. The highest BCUT2D eigenvalue weighted by atomic mass is 19.4. The third kappa shape index (κ3) is 2.51. The quantitative estimate of drug-likeness (QED) is 0.703. The first kappa shape index (κ1) is 13.8. The molecule has 2 unspecified atom stereocenters. The molecular weight excluding hydrogens is 243 g/mol. The molecule has 0 spiro atoms. The molecular formula is C9H12F3NO4. The van der Waals surface area contributed by atoms with E-state index in [0.717, 1.165) is 6.92 Å². The molecule has 1 amide bonds. The number of carboxylic acid groups (broad SMARTS) is 1. The number of hydrogen-bond acceptors (Lipinski definition) is 3. The number of aliphatic hydroxyl groups is 1. The number of alkyl halides is 3. The van der Waals surface area contributed by atoms with Crippen LogP contribution in [0.5, 0.6) is 0 Å². The lowest BCUT2D eigenvalue weighted by atomic mass is 9.79. The van der Waals surface area contributed by atoms with E-state index in [2.05, 4.69) is 0 Å². The first-order chi connectivity index (χ1) is 7.59. The summed E-state index contributed by atoms with van der Waals surface area (Å²) in [4.78, 5) is 22.3. The van der Waals surface area contributed by atoms with Gasteiger partial charge in [-0.15, -0.1) is 0 Å². The fourth-order valence-corrected chi connectivity index (χ4v) is 1.74. The molecule has 0 radical (unpaired) electrons. The van der Waals surface area contributed by atoms with E-state index in [1.807, 2.05) is 0 Å². The van der Waals surface area contributed by atoms with E-state index < -0.39 is 36.1 Å². The van der Waals surface area contributed by atoms with Gasteiger partial charge in [-0.05, 0) is 13.3 Å². The summed E-state index contributed by atoms with van der Waals surface area (Å²) >= 11 is 0. The van der Waals surface area contributed by atoms with Crippen LogP contribution in [0.2, 0.25) is 0 Å². The van der Waals surface area contributed by atoms with E-state index in [1.165, 1.54) is 0 Å². The highest BCUT2D eigenvalue weighted by Crippen LogP contribution is 2.32. The van der Waals surface area contributed by atoms with Crippen molar-refractivity contribution in [2.75, 3.05) is 13.1 Å². The van der Waals surface area contributed by atoms with Gasteiger partial charge < -0.3 is 15.1 Å². The number of rotatable bonds is 1. The Hall–Kier alpha value is -1.31. The lowest BCUT2D eigenvalue weighted by molar-refractivity contribution is -0.193. The van der Waals surface area contributed by atoms with Crippen LogP contribution in [0.4, 0.5) is 13.2 Å². The van der Waals surface area contributed by atoms with Crippen molar-refractivity contribution in [1.29, 1.82) is 0 Å². The minimum atomic E-state index is -5.03. The maximum atomic E-state index is 12.2. The van der Waals surface area contributed by atoms with E-state index in [-0.39, 0.29) is 13.0 Å². The first-order valence-electron chi connectivity index (χ1n) is 4.86. The van der Waals surface area contributed by atoms with Gasteiger partial charge >= 0.3 is 18.1 Å². The number of carbonyl (C=O) groups is 2. The second-order valence-electron chi connectivity index (χ2n) is 4.25. The Kier molecular flexibility index (Phi) is 3.37. The monoisotopic (exact) mass is 255 g/mol. The number of amides is 1. The maximum absolute atomic E-state index is 12.2. The Labute approximate surface area is 94.8 Å². The lowest BCUT2D eigenvalue weighted by Crippen LogP contribution is -2.57. The van der Waals surface area contributed by atoms with E-state index >= 15 is 0 Å². The van der Waals surface area contributed by atoms with Crippen LogP contribution in [0, 0.1) is 5.41 Å². The van der Waals surface area contributed by atoms with Crippen molar-refractivity contribution >= 4 is 11.9 Å². The molecule has 2 N–H and O–H groups in total. The van der Waals surface area contributed by atoms with Crippen LogP contribution >= 0.6 is 0 Å². The van der Waals surface area contributed by atoms with Crippen molar-refractivity contribution in [3.63, 3.8) is 0 Å². The van der Waals surface area contributed by atoms with Crippen molar-refractivity contribution in [1.82, 2.24) is 4.90 Å². The normalized spacial score (nSPS) is 30.2. The molecule has 8 heteroatoms. The van der Waals surface area contributed by atoms with Crippen molar-refractivity contribution in [3.05, 3.63) is 0 Å². The predicted molar refractivity (Wildman–Crippen MR) is 49.0 cm³/mol. The predicted octanol–water partition coefficient (Wildman–Crippen LogP) is 0.233. The van der Waals surface area contributed by atoms with Gasteiger partial charge in [-0.3, -0.25) is 9.59 Å². The Morgan fingerprint density at radius 1 is 1.41 bits per heavy atom. The van der Waals surface area contributed by atoms with Crippen LogP contribution in [0.15, 0.2) is 0 Å². The minimum absolute atomic E-state index is 0.190. The molecule has 0 aromatic rings. The van der Waals surface area contributed by atoms with Crippen molar-refractivity contribution < 1.29 is 33.0 Å². The number of hydrogen-bond donors (Lipinski definition) is 2. The molecule has 98 valence electrons. The highest BCUT2D eigenvalue weighted by molar-refractivity contribution is 5.83. The molecule has 2 atom stereocenters. The molecule has 1 fully saturated rings. The summed E-state index contributed by atoms with van der Waals surface area (Å²) in [5.41, 5.74) is -1.76. The maximum Gasteiger partial charge on any atom is 0.471 e. The first-order valence-corrected chi connectivity index (χ1v) is 4.86. The second-order valence-corrected chi connectivity index (χ2v) is 4.25. The van der Waals surface area contributed by atoms with E-state index in [0.29, 0.717) is 4.90 Å². The van der Waals surface area contributed by atoms with Crippen LogP contribution in [0.1, 0.15) is 13.3 Å². The van der Waals surface area contributed by atoms with Crippen LogP contribution in [-0.4, -0.2) is 52.4 Å². The zero-order valence-corrected chi connectivity index (χ0v) is 8.99. The third-order valence-corrected chi connectivity index (χ3v) is 2.95. The number of aliphatic hydroxyl groups excluding tert-OH is 1. The second kappa shape index (κ2) is 4.17. The molecule has 1 aliphatic heterocycles. The molecule has 0 aromatic heterocycles. The van der Waals surface area contributed by atoms with Gasteiger partial charge in [0.15, 0.2) is 0 Å². The summed E-state index contributed by atoms with van der Waals surface area (Å²) in [6, 6.07) is 0. The number of nitrogens with zero attached hydrogens (tertiary/aromatic N) is 1. The molecule has 17 heavy (non-hydrogen) atoms. The largest absolute Gasteiger partial charge is 0.481 e. The van der Waals surface area contributed by atoms with Crippen LogP contribution in [0.25, 0.3) is 0 Å². The summed E-state index contributed by atoms with van der Waals surface area (Å²) in [7, 11) is 0. The molecule has 1 saturated heterocycles.